The fraction of sp³-hybridized carbons (Fsp3) is 0. The lowest BCUT2D eigenvalue weighted by Crippen LogP contribution is -2.08. The molecule has 0 aromatic heterocycles. The van der Waals surface area contributed by atoms with Crippen LogP contribution in [-0.4, -0.2) is 5.97 Å². The van der Waals surface area contributed by atoms with Gasteiger partial charge < -0.3 is 16.2 Å². The number of hydrogen-bond acceptors (Lipinski definition) is 4. The Morgan fingerprint density at radius 1 is 0.680 bits per heavy atom. The molecule has 0 saturated heterocycles. The zero-order valence-electron chi connectivity index (χ0n) is 13.4. The monoisotopic (exact) mass is 328 g/mol. The Bertz CT molecular complexity index is 932. The van der Waals surface area contributed by atoms with Crippen LogP contribution < -0.4 is 16.2 Å². The van der Waals surface area contributed by atoms with Crippen molar-refractivity contribution in [1.82, 2.24) is 0 Å². The molecule has 0 radical (unpaired) electrons. The van der Waals surface area contributed by atoms with Crippen molar-refractivity contribution in [3.8, 4) is 17.6 Å². The van der Waals surface area contributed by atoms with Gasteiger partial charge in [-0.05, 0) is 72.8 Å². The lowest BCUT2D eigenvalue weighted by atomic mass is 10.1. The van der Waals surface area contributed by atoms with Gasteiger partial charge in [-0.25, -0.2) is 4.79 Å². The molecule has 0 unspecified atom stereocenters. The standard InChI is InChI=1S/C21H16N2O2/c22-18-9-5-16(6-10-18)2-1-15-3-7-17(8-4-15)21(24)25-20-13-11-19(23)12-14-20/h3-14H,22-23H2. The molecular formula is C21H16N2O2. The Morgan fingerprint density at radius 3 is 1.64 bits per heavy atom. The van der Waals surface area contributed by atoms with Crippen LogP contribution in [0.5, 0.6) is 5.75 Å². The summed E-state index contributed by atoms with van der Waals surface area (Å²) in [4.78, 5) is 12.1. The van der Waals surface area contributed by atoms with Crippen molar-refractivity contribution < 1.29 is 9.53 Å². The molecule has 0 aliphatic carbocycles. The van der Waals surface area contributed by atoms with E-state index in [0.717, 1.165) is 11.1 Å². The van der Waals surface area contributed by atoms with E-state index < -0.39 is 5.97 Å². The van der Waals surface area contributed by atoms with Gasteiger partial charge in [0, 0.05) is 22.5 Å². The highest BCUT2D eigenvalue weighted by Crippen LogP contribution is 2.15. The summed E-state index contributed by atoms with van der Waals surface area (Å²) < 4.78 is 5.29. The Labute approximate surface area is 146 Å². The van der Waals surface area contributed by atoms with Crippen molar-refractivity contribution in [2.75, 3.05) is 11.5 Å². The van der Waals surface area contributed by atoms with E-state index in [9.17, 15) is 4.79 Å². The van der Waals surface area contributed by atoms with Crippen LogP contribution in [0.4, 0.5) is 11.4 Å². The number of carbonyl (C=O) groups is 1. The number of esters is 1. The van der Waals surface area contributed by atoms with Crippen LogP contribution >= 0.6 is 0 Å². The Hall–Kier alpha value is -3.71. The number of nitrogen functional groups attached to an aromatic ring is 2. The summed E-state index contributed by atoms with van der Waals surface area (Å²) in [6, 6.07) is 20.9. The molecule has 3 aromatic carbocycles. The minimum Gasteiger partial charge on any atom is -0.423 e. The molecule has 4 N–H and O–H groups in total. The number of rotatable bonds is 2. The maximum Gasteiger partial charge on any atom is 0.343 e. The SMILES string of the molecule is Nc1ccc(C#Cc2ccc(C(=O)Oc3ccc(N)cc3)cc2)cc1. The van der Waals surface area contributed by atoms with E-state index in [4.69, 9.17) is 16.2 Å². The van der Waals surface area contributed by atoms with Crippen molar-refractivity contribution in [2.24, 2.45) is 0 Å². The van der Waals surface area contributed by atoms with Crippen LogP contribution in [0.15, 0.2) is 72.8 Å². The third kappa shape index (κ3) is 4.40. The van der Waals surface area contributed by atoms with Gasteiger partial charge in [0.15, 0.2) is 0 Å². The first-order valence-electron chi connectivity index (χ1n) is 7.65. The summed E-state index contributed by atoms with van der Waals surface area (Å²) in [6.07, 6.45) is 0. The topological polar surface area (TPSA) is 78.3 Å². The maximum absolute atomic E-state index is 12.1. The van der Waals surface area contributed by atoms with E-state index in [1.165, 1.54) is 0 Å². The van der Waals surface area contributed by atoms with E-state index >= 15 is 0 Å². The molecule has 0 atom stereocenters. The van der Waals surface area contributed by atoms with Gasteiger partial charge in [0.05, 0.1) is 5.56 Å². The second-order valence-electron chi connectivity index (χ2n) is 5.41. The second-order valence-corrected chi connectivity index (χ2v) is 5.41. The van der Waals surface area contributed by atoms with Crippen LogP contribution in [0.3, 0.4) is 0 Å². The Balaban J connectivity index is 1.68. The van der Waals surface area contributed by atoms with Crippen LogP contribution in [-0.2, 0) is 0 Å². The van der Waals surface area contributed by atoms with E-state index in [-0.39, 0.29) is 0 Å². The average Bonchev–Trinajstić information content (AvgIpc) is 2.63. The van der Waals surface area contributed by atoms with E-state index in [0.29, 0.717) is 22.7 Å². The van der Waals surface area contributed by atoms with E-state index in [1.807, 2.05) is 12.1 Å². The predicted octanol–water partition coefficient (Wildman–Crippen LogP) is 3.47. The number of hydrogen-bond donors (Lipinski definition) is 2. The van der Waals surface area contributed by atoms with Gasteiger partial charge in [-0.1, -0.05) is 11.8 Å². The third-order valence-electron chi connectivity index (χ3n) is 3.47. The lowest BCUT2D eigenvalue weighted by molar-refractivity contribution is 0.0735. The molecule has 0 heterocycles. The quantitative estimate of drug-likeness (QED) is 0.327. The minimum absolute atomic E-state index is 0.428. The van der Waals surface area contributed by atoms with Crippen LogP contribution in [0, 0.1) is 11.8 Å². The normalized spacial score (nSPS) is 9.76. The first kappa shape index (κ1) is 16.2. The van der Waals surface area contributed by atoms with Gasteiger partial charge >= 0.3 is 5.97 Å². The summed E-state index contributed by atoms with van der Waals surface area (Å²) >= 11 is 0. The number of carbonyl (C=O) groups excluding carboxylic acids is 1. The number of ether oxygens (including phenoxy) is 1. The molecule has 0 saturated carbocycles. The smallest absolute Gasteiger partial charge is 0.343 e. The molecule has 3 aromatic rings. The molecule has 4 nitrogen and oxygen atoms in total. The lowest BCUT2D eigenvalue weighted by Gasteiger charge is -2.04. The summed E-state index contributed by atoms with van der Waals surface area (Å²) in [5.41, 5.74) is 14.7. The summed E-state index contributed by atoms with van der Waals surface area (Å²) in [5, 5.41) is 0. The van der Waals surface area contributed by atoms with Crippen molar-refractivity contribution in [3.05, 3.63) is 89.5 Å². The molecular weight excluding hydrogens is 312 g/mol. The van der Waals surface area contributed by atoms with Gasteiger partial charge in [-0.15, -0.1) is 0 Å². The predicted molar refractivity (Wildman–Crippen MR) is 99.1 cm³/mol. The summed E-state index contributed by atoms with van der Waals surface area (Å²) in [7, 11) is 0. The fourth-order valence-electron chi connectivity index (χ4n) is 2.10. The molecule has 4 heteroatoms. The highest BCUT2D eigenvalue weighted by atomic mass is 16.5. The Kier molecular flexibility index (Phi) is 4.68. The highest BCUT2D eigenvalue weighted by Gasteiger charge is 2.08. The zero-order valence-corrected chi connectivity index (χ0v) is 13.4. The van der Waals surface area contributed by atoms with Crippen molar-refractivity contribution >= 4 is 17.3 Å². The van der Waals surface area contributed by atoms with Crippen LogP contribution in [0.25, 0.3) is 0 Å². The van der Waals surface area contributed by atoms with Crippen LogP contribution in [0.1, 0.15) is 21.5 Å². The number of benzene rings is 3. The Morgan fingerprint density at radius 2 is 1.12 bits per heavy atom. The molecule has 0 spiro atoms. The number of anilines is 2. The van der Waals surface area contributed by atoms with Gasteiger partial charge in [-0.3, -0.25) is 0 Å². The van der Waals surface area contributed by atoms with Crippen molar-refractivity contribution in [1.29, 1.82) is 0 Å². The second kappa shape index (κ2) is 7.24. The summed E-state index contributed by atoms with van der Waals surface area (Å²) in [6.45, 7) is 0. The van der Waals surface area contributed by atoms with Gasteiger partial charge in [-0.2, -0.15) is 0 Å². The van der Waals surface area contributed by atoms with Crippen molar-refractivity contribution in [3.63, 3.8) is 0 Å². The fourth-order valence-corrected chi connectivity index (χ4v) is 2.10. The van der Waals surface area contributed by atoms with Gasteiger partial charge in [0.1, 0.15) is 5.75 Å². The molecule has 25 heavy (non-hydrogen) atoms. The maximum atomic E-state index is 12.1. The van der Waals surface area contributed by atoms with Gasteiger partial charge in [0.2, 0.25) is 0 Å². The molecule has 0 bridgehead atoms. The van der Waals surface area contributed by atoms with Crippen LogP contribution in [0.2, 0.25) is 0 Å². The highest BCUT2D eigenvalue weighted by molar-refractivity contribution is 5.91. The summed E-state index contributed by atoms with van der Waals surface area (Å²) in [5.74, 6) is 6.12. The molecule has 0 amide bonds. The molecule has 0 fully saturated rings. The minimum atomic E-state index is -0.428. The van der Waals surface area contributed by atoms with Crippen molar-refractivity contribution in [2.45, 2.75) is 0 Å². The molecule has 0 aliphatic heterocycles. The first-order valence-corrected chi connectivity index (χ1v) is 7.65. The molecule has 122 valence electrons. The third-order valence-corrected chi connectivity index (χ3v) is 3.47. The average molecular weight is 328 g/mol. The van der Waals surface area contributed by atoms with E-state index in [2.05, 4.69) is 11.8 Å². The first-order chi connectivity index (χ1) is 12.1. The molecule has 3 rings (SSSR count). The molecule has 0 aliphatic rings. The van der Waals surface area contributed by atoms with Gasteiger partial charge in [0.25, 0.3) is 0 Å². The zero-order chi connectivity index (χ0) is 17.6. The van der Waals surface area contributed by atoms with E-state index in [1.54, 1.807) is 60.7 Å². The largest absolute Gasteiger partial charge is 0.423 e. The number of nitrogens with two attached hydrogens (primary N) is 2.